The van der Waals surface area contributed by atoms with Crippen molar-refractivity contribution in [3.8, 4) is 11.5 Å². The predicted molar refractivity (Wildman–Crippen MR) is 92.9 cm³/mol. The van der Waals surface area contributed by atoms with Crippen molar-refractivity contribution in [1.82, 2.24) is 4.98 Å². The molecule has 2 heterocycles. The highest BCUT2D eigenvalue weighted by molar-refractivity contribution is 9.10. The smallest absolute Gasteiger partial charge is 0.340 e. The normalized spacial score (nSPS) is 12.8. The topological polar surface area (TPSA) is 86.8 Å². The molecule has 7 nitrogen and oxygen atoms in total. The Kier molecular flexibility index (Phi) is 5.49. The van der Waals surface area contributed by atoms with Crippen molar-refractivity contribution in [3.63, 3.8) is 0 Å². The Hall–Kier alpha value is -2.61. The van der Waals surface area contributed by atoms with Crippen molar-refractivity contribution >= 4 is 33.5 Å². The Morgan fingerprint density at radius 3 is 2.76 bits per heavy atom. The molecule has 130 valence electrons. The Labute approximate surface area is 152 Å². The average Bonchev–Trinajstić information content (AvgIpc) is 2.84. The summed E-state index contributed by atoms with van der Waals surface area (Å²) < 4.78 is 16.7. The van der Waals surface area contributed by atoms with Gasteiger partial charge >= 0.3 is 5.97 Å². The van der Waals surface area contributed by atoms with E-state index in [9.17, 15) is 9.59 Å². The summed E-state index contributed by atoms with van der Waals surface area (Å²) in [7, 11) is 0. The van der Waals surface area contributed by atoms with Crippen LogP contribution in [0.4, 0.5) is 5.69 Å². The van der Waals surface area contributed by atoms with Gasteiger partial charge in [-0.3, -0.25) is 9.78 Å². The first kappa shape index (κ1) is 17.2. The zero-order valence-corrected chi connectivity index (χ0v) is 14.7. The number of esters is 1. The number of anilines is 1. The molecule has 0 aliphatic carbocycles. The number of rotatable bonds is 4. The van der Waals surface area contributed by atoms with Gasteiger partial charge in [0.05, 0.1) is 18.8 Å². The van der Waals surface area contributed by atoms with Gasteiger partial charge in [-0.15, -0.1) is 0 Å². The van der Waals surface area contributed by atoms with Crippen LogP contribution in [0.3, 0.4) is 0 Å². The van der Waals surface area contributed by atoms with Crippen LogP contribution in [-0.2, 0) is 9.53 Å². The monoisotopic (exact) mass is 406 g/mol. The molecule has 1 N–H and O–H groups in total. The van der Waals surface area contributed by atoms with Crippen LogP contribution in [0, 0.1) is 0 Å². The number of aromatic nitrogens is 1. The lowest BCUT2D eigenvalue weighted by atomic mass is 10.2. The third kappa shape index (κ3) is 4.69. The third-order valence-corrected chi connectivity index (χ3v) is 3.74. The minimum atomic E-state index is -0.623. The predicted octanol–water partition coefficient (Wildman–Crippen LogP) is 2.80. The molecule has 1 aliphatic rings. The fraction of sp³-hybridized carbons (Fsp3) is 0.235. The van der Waals surface area contributed by atoms with Crippen LogP contribution in [0.25, 0.3) is 0 Å². The first-order valence-corrected chi connectivity index (χ1v) is 8.38. The Morgan fingerprint density at radius 1 is 1.16 bits per heavy atom. The highest BCUT2D eigenvalue weighted by Gasteiger charge is 2.14. The van der Waals surface area contributed by atoms with Crippen molar-refractivity contribution in [2.45, 2.75) is 6.42 Å². The van der Waals surface area contributed by atoms with E-state index in [1.807, 2.05) is 0 Å². The van der Waals surface area contributed by atoms with Crippen LogP contribution < -0.4 is 14.8 Å². The Morgan fingerprint density at radius 2 is 1.96 bits per heavy atom. The van der Waals surface area contributed by atoms with Gasteiger partial charge in [-0.2, -0.15) is 0 Å². The molecule has 1 aromatic heterocycles. The Bertz CT molecular complexity index is 796. The number of benzene rings is 1. The lowest BCUT2D eigenvalue weighted by molar-refractivity contribution is -0.119. The number of ether oxygens (including phenoxy) is 3. The molecule has 0 spiro atoms. The molecule has 0 saturated carbocycles. The molecular formula is C17H15BrN2O5. The number of amides is 1. The summed E-state index contributed by atoms with van der Waals surface area (Å²) in [5.74, 6) is 0.144. The van der Waals surface area contributed by atoms with Gasteiger partial charge in [-0.25, -0.2) is 4.79 Å². The number of carbonyl (C=O) groups excluding carboxylic acids is 2. The van der Waals surface area contributed by atoms with E-state index in [4.69, 9.17) is 14.2 Å². The summed E-state index contributed by atoms with van der Waals surface area (Å²) in [5, 5.41) is 2.65. The standard InChI is InChI=1S/C17H15BrN2O5/c18-12-6-11(8-19-9-12)17(22)25-10-16(21)20-13-2-3-14-15(7-13)24-5-1-4-23-14/h2-3,6-9H,1,4-5,10H2,(H,20,21). The van der Waals surface area contributed by atoms with Gasteiger partial charge in [0.15, 0.2) is 18.1 Å². The summed E-state index contributed by atoms with van der Waals surface area (Å²) in [6.45, 7) is 0.752. The summed E-state index contributed by atoms with van der Waals surface area (Å²) in [5.41, 5.74) is 0.798. The van der Waals surface area contributed by atoms with Crippen LogP contribution in [0.5, 0.6) is 11.5 Å². The largest absolute Gasteiger partial charge is 0.490 e. The SMILES string of the molecule is O=C(COC(=O)c1cncc(Br)c1)Nc1ccc2c(c1)OCCCO2. The van der Waals surface area contributed by atoms with Gasteiger partial charge in [0.1, 0.15) is 0 Å². The number of fused-ring (bicyclic) bond motifs is 1. The zero-order chi connectivity index (χ0) is 17.6. The summed E-state index contributed by atoms with van der Waals surface area (Å²) in [4.78, 5) is 27.7. The summed E-state index contributed by atoms with van der Waals surface area (Å²) in [6, 6.07) is 6.68. The first-order valence-electron chi connectivity index (χ1n) is 7.59. The minimum absolute atomic E-state index is 0.262. The second kappa shape index (κ2) is 7.98. The van der Waals surface area contributed by atoms with E-state index in [2.05, 4.69) is 26.2 Å². The molecular weight excluding hydrogens is 392 g/mol. The van der Waals surface area contributed by atoms with Gasteiger partial charge in [0.25, 0.3) is 5.91 Å². The van der Waals surface area contributed by atoms with E-state index in [1.54, 1.807) is 30.5 Å². The van der Waals surface area contributed by atoms with Crippen LogP contribution in [0.2, 0.25) is 0 Å². The molecule has 25 heavy (non-hydrogen) atoms. The van der Waals surface area contributed by atoms with Gasteiger partial charge in [0.2, 0.25) is 0 Å². The van der Waals surface area contributed by atoms with Crippen LogP contribution in [0.15, 0.2) is 41.1 Å². The number of hydrogen-bond acceptors (Lipinski definition) is 6. The highest BCUT2D eigenvalue weighted by Crippen LogP contribution is 2.32. The maximum Gasteiger partial charge on any atom is 0.340 e. The molecule has 0 saturated heterocycles. The molecule has 0 radical (unpaired) electrons. The molecule has 0 bridgehead atoms. The molecule has 1 amide bonds. The quantitative estimate of drug-likeness (QED) is 0.785. The van der Waals surface area contributed by atoms with Crippen LogP contribution in [-0.4, -0.2) is 36.7 Å². The Balaban J connectivity index is 1.56. The number of halogens is 1. The minimum Gasteiger partial charge on any atom is -0.490 e. The molecule has 0 unspecified atom stereocenters. The summed E-state index contributed by atoms with van der Waals surface area (Å²) >= 11 is 3.22. The van der Waals surface area contributed by atoms with E-state index in [-0.39, 0.29) is 5.56 Å². The second-order valence-corrected chi connectivity index (χ2v) is 6.14. The van der Waals surface area contributed by atoms with Crippen molar-refractivity contribution in [2.24, 2.45) is 0 Å². The van der Waals surface area contributed by atoms with Crippen LogP contribution >= 0.6 is 15.9 Å². The van der Waals surface area contributed by atoms with E-state index in [1.165, 1.54) is 6.20 Å². The van der Waals surface area contributed by atoms with Crippen molar-refractivity contribution in [3.05, 3.63) is 46.7 Å². The second-order valence-electron chi connectivity index (χ2n) is 5.23. The number of nitrogens with zero attached hydrogens (tertiary/aromatic N) is 1. The van der Waals surface area contributed by atoms with Gasteiger partial charge in [-0.05, 0) is 34.1 Å². The molecule has 8 heteroatoms. The van der Waals surface area contributed by atoms with Gasteiger partial charge in [-0.1, -0.05) is 0 Å². The fourth-order valence-electron chi connectivity index (χ4n) is 2.18. The number of pyridine rings is 1. The molecule has 1 aliphatic heterocycles. The maximum atomic E-state index is 12.0. The van der Waals surface area contributed by atoms with Crippen LogP contribution in [0.1, 0.15) is 16.8 Å². The van der Waals surface area contributed by atoms with Gasteiger partial charge in [0, 0.05) is 35.0 Å². The average molecular weight is 407 g/mol. The van der Waals surface area contributed by atoms with E-state index in [0.717, 1.165) is 6.42 Å². The van der Waals surface area contributed by atoms with Crippen molar-refractivity contribution in [1.29, 1.82) is 0 Å². The maximum absolute atomic E-state index is 12.0. The van der Waals surface area contributed by atoms with E-state index >= 15 is 0 Å². The number of hydrogen-bond donors (Lipinski definition) is 1. The van der Waals surface area contributed by atoms with Crippen molar-refractivity contribution < 1.29 is 23.8 Å². The third-order valence-electron chi connectivity index (χ3n) is 3.31. The molecule has 2 aromatic rings. The number of carbonyl (C=O) groups is 2. The zero-order valence-electron chi connectivity index (χ0n) is 13.2. The van der Waals surface area contributed by atoms with Crippen molar-refractivity contribution in [2.75, 3.05) is 25.1 Å². The lowest BCUT2D eigenvalue weighted by Crippen LogP contribution is -2.21. The van der Waals surface area contributed by atoms with E-state index in [0.29, 0.717) is 34.9 Å². The highest BCUT2D eigenvalue weighted by atomic mass is 79.9. The fourth-order valence-corrected chi connectivity index (χ4v) is 2.54. The molecule has 0 atom stereocenters. The molecule has 3 rings (SSSR count). The first-order chi connectivity index (χ1) is 12.1. The molecule has 1 aromatic carbocycles. The number of nitrogens with one attached hydrogen (secondary N) is 1. The van der Waals surface area contributed by atoms with E-state index < -0.39 is 18.5 Å². The lowest BCUT2D eigenvalue weighted by Gasteiger charge is -2.10. The van der Waals surface area contributed by atoms with Gasteiger partial charge < -0.3 is 19.5 Å². The molecule has 0 fully saturated rings. The summed E-state index contributed by atoms with van der Waals surface area (Å²) in [6.07, 6.45) is 3.72.